The molecule has 0 bridgehead atoms. The molecule has 3 N–H and O–H groups in total. The van der Waals surface area contributed by atoms with Gasteiger partial charge in [-0.15, -0.1) is 0 Å². The number of aromatic carboxylic acids is 1. The summed E-state index contributed by atoms with van der Waals surface area (Å²) in [7, 11) is 1.91. The van der Waals surface area contributed by atoms with Gasteiger partial charge in [0, 0.05) is 49.6 Å². The number of ether oxygens (including phenoxy) is 2. The summed E-state index contributed by atoms with van der Waals surface area (Å²) in [6, 6.07) is 11.3. The molecule has 183 valence electrons. The fourth-order valence-corrected chi connectivity index (χ4v) is 4.36. The molecule has 9 nitrogen and oxygen atoms in total. The normalized spacial score (nSPS) is 11.1. The molecule has 11 heteroatoms. The van der Waals surface area contributed by atoms with Crippen molar-refractivity contribution in [2.75, 3.05) is 14.2 Å². The standard InChI is InChI=1S/C17H19N3O3S.C7H6O3.Bi/c1-10-8-18-15(11(2)16(10)23-4)9-24(21)17-19-13-6-5-12(22-3)7-14(13)20-17;8-6-4-2-1-3-5(6)7(9)10;/h5-8H,9H2,1-4H3,(H,19,20);1-4,8H,(H,9,10);. The van der Waals surface area contributed by atoms with Crippen LogP contribution in [0.4, 0.5) is 0 Å². The molecule has 0 aliphatic heterocycles. The molecule has 1 atom stereocenters. The van der Waals surface area contributed by atoms with Gasteiger partial charge in [-0.3, -0.25) is 9.19 Å². The van der Waals surface area contributed by atoms with Crippen molar-refractivity contribution in [3.8, 4) is 17.2 Å². The summed E-state index contributed by atoms with van der Waals surface area (Å²) in [6.45, 7) is 3.86. The van der Waals surface area contributed by atoms with Gasteiger partial charge in [-0.25, -0.2) is 9.78 Å². The van der Waals surface area contributed by atoms with Crippen molar-refractivity contribution < 1.29 is 28.7 Å². The van der Waals surface area contributed by atoms with E-state index in [1.165, 1.54) is 12.1 Å². The Balaban J connectivity index is 0.000000332. The van der Waals surface area contributed by atoms with Crippen LogP contribution < -0.4 is 9.47 Å². The summed E-state index contributed by atoms with van der Waals surface area (Å²) in [5.74, 6) is 0.475. The van der Waals surface area contributed by atoms with Crippen LogP contribution >= 0.6 is 0 Å². The van der Waals surface area contributed by atoms with Gasteiger partial charge in [0.15, 0.2) is 5.16 Å². The minimum Gasteiger partial charge on any atom is -0.507 e. The molecule has 4 aromatic rings. The number of nitrogens with one attached hydrogen (secondary N) is 1. The number of aromatic nitrogens is 3. The van der Waals surface area contributed by atoms with Gasteiger partial charge in [0.1, 0.15) is 22.8 Å². The molecular formula is C24H25BiN3O6S. The van der Waals surface area contributed by atoms with Crippen LogP contribution in [0.1, 0.15) is 27.2 Å². The Kier molecular flexibility index (Phi) is 10.2. The number of aryl methyl sites for hydroxylation is 1. The minimum absolute atomic E-state index is 0. The third kappa shape index (κ3) is 6.77. The predicted molar refractivity (Wildman–Crippen MR) is 134 cm³/mol. The first-order chi connectivity index (χ1) is 16.2. The number of aromatic amines is 1. The smallest absolute Gasteiger partial charge is 0.339 e. The van der Waals surface area contributed by atoms with E-state index in [2.05, 4.69) is 15.0 Å². The zero-order chi connectivity index (χ0) is 24.8. The van der Waals surface area contributed by atoms with E-state index in [9.17, 15) is 9.00 Å². The zero-order valence-electron chi connectivity index (χ0n) is 19.6. The first-order valence-corrected chi connectivity index (χ1v) is 11.5. The summed E-state index contributed by atoms with van der Waals surface area (Å²) in [5, 5.41) is 17.7. The molecule has 0 amide bonds. The molecular weight excluding hydrogens is 667 g/mol. The Morgan fingerprint density at radius 2 is 1.83 bits per heavy atom. The third-order valence-corrected chi connectivity index (χ3v) is 6.20. The SMILES string of the molecule is COc1ccc2nc(S(=O)Cc3ncc(C)c(OC)c3C)[nH]c2c1.O=C(O)c1ccccc1O.[Bi]. The average molecular weight is 693 g/mol. The number of methoxy groups -OCH3 is 2. The van der Waals surface area contributed by atoms with Gasteiger partial charge in [-0.1, -0.05) is 12.1 Å². The maximum absolute atomic E-state index is 12.7. The van der Waals surface area contributed by atoms with E-state index < -0.39 is 16.8 Å². The Morgan fingerprint density at radius 1 is 1.11 bits per heavy atom. The van der Waals surface area contributed by atoms with Crippen LogP contribution in [-0.4, -0.2) is 75.8 Å². The van der Waals surface area contributed by atoms with Crippen LogP contribution in [0.5, 0.6) is 17.2 Å². The van der Waals surface area contributed by atoms with Crippen LogP contribution in [0.15, 0.2) is 53.8 Å². The summed E-state index contributed by atoms with van der Waals surface area (Å²) in [4.78, 5) is 22.2. The number of nitrogens with zero attached hydrogens (tertiary/aromatic N) is 2. The molecule has 0 aliphatic rings. The van der Waals surface area contributed by atoms with E-state index in [0.29, 0.717) is 5.16 Å². The molecule has 3 radical (unpaired) electrons. The number of carbonyl (C=O) groups is 1. The number of imidazole rings is 1. The average Bonchev–Trinajstić information content (AvgIpc) is 3.25. The van der Waals surface area contributed by atoms with Crippen molar-refractivity contribution in [3.05, 3.63) is 71.0 Å². The molecule has 0 aliphatic carbocycles. The van der Waals surface area contributed by atoms with Gasteiger partial charge in [0.25, 0.3) is 0 Å². The van der Waals surface area contributed by atoms with Crippen LogP contribution in [0.3, 0.4) is 0 Å². The molecule has 2 aromatic heterocycles. The van der Waals surface area contributed by atoms with Gasteiger partial charge < -0.3 is 24.7 Å². The summed E-state index contributed by atoms with van der Waals surface area (Å²) < 4.78 is 23.3. The maximum atomic E-state index is 12.7. The van der Waals surface area contributed by atoms with Crippen LogP contribution in [0.25, 0.3) is 11.0 Å². The fraction of sp³-hybridized carbons (Fsp3) is 0.208. The van der Waals surface area contributed by atoms with Gasteiger partial charge in [0.2, 0.25) is 0 Å². The number of rotatable bonds is 6. The van der Waals surface area contributed by atoms with E-state index >= 15 is 0 Å². The predicted octanol–water partition coefficient (Wildman–Crippen LogP) is 3.61. The zero-order valence-corrected chi connectivity index (χ0v) is 23.9. The Morgan fingerprint density at radius 3 is 2.43 bits per heavy atom. The van der Waals surface area contributed by atoms with Crippen LogP contribution in [-0.2, 0) is 16.6 Å². The number of carboxylic acid groups (broad SMARTS) is 1. The van der Waals surface area contributed by atoms with E-state index in [0.717, 1.165) is 39.4 Å². The number of pyridine rings is 1. The molecule has 4 rings (SSSR count). The Hall–Kier alpha value is -3.04. The summed E-state index contributed by atoms with van der Waals surface area (Å²) in [6.07, 6.45) is 1.74. The molecule has 0 saturated heterocycles. The number of fused-ring (bicyclic) bond motifs is 1. The number of H-pyrrole nitrogens is 1. The Labute approximate surface area is 224 Å². The third-order valence-electron chi connectivity index (χ3n) is 5.04. The molecule has 2 aromatic carbocycles. The van der Waals surface area contributed by atoms with Crippen LogP contribution in [0, 0.1) is 13.8 Å². The van der Waals surface area contributed by atoms with Crippen molar-refractivity contribution in [1.29, 1.82) is 0 Å². The van der Waals surface area contributed by atoms with E-state index in [1.54, 1.807) is 32.5 Å². The molecule has 2 heterocycles. The number of phenols is 1. The van der Waals surface area contributed by atoms with Crippen molar-refractivity contribution in [2.24, 2.45) is 0 Å². The minimum atomic E-state index is -1.33. The van der Waals surface area contributed by atoms with Gasteiger partial charge in [0.05, 0.1) is 47.5 Å². The summed E-state index contributed by atoms with van der Waals surface area (Å²) >= 11 is 0. The number of para-hydroxylation sites is 1. The molecule has 1 unspecified atom stereocenters. The number of hydrogen-bond acceptors (Lipinski definition) is 7. The second kappa shape index (κ2) is 12.6. The Bertz CT molecular complexity index is 1360. The van der Waals surface area contributed by atoms with Crippen molar-refractivity contribution in [2.45, 2.75) is 24.8 Å². The topological polar surface area (TPSA) is 135 Å². The molecule has 35 heavy (non-hydrogen) atoms. The van der Waals surface area contributed by atoms with Gasteiger partial charge >= 0.3 is 5.97 Å². The van der Waals surface area contributed by atoms with Crippen molar-refractivity contribution in [3.63, 3.8) is 0 Å². The fourth-order valence-electron chi connectivity index (χ4n) is 3.26. The molecule has 0 fully saturated rings. The molecule has 0 spiro atoms. The van der Waals surface area contributed by atoms with Gasteiger partial charge in [-0.2, -0.15) is 0 Å². The van der Waals surface area contributed by atoms with E-state index in [4.69, 9.17) is 19.7 Å². The second-order valence-corrected chi connectivity index (χ2v) is 8.65. The first kappa shape index (κ1) is 28.2. The largest absolute Gasteiger partial charge is 0.507 e. The number of aromatic hydroxyl groups is 1. The quantitative estimate of drug-likeness (QED) is 0.261. The maximum Gasteiger partial charge on any atom is 0.339 e. The number of carboxylic acids is 1. The monoisotopic (exact) mass is 692 g/mol. The molecule has 0 saturated carbocycles. The van der Waals surface area contributed by atoms with E-state index in [1.807, 2.05) is 32.0 Å². The van der Waals surface area contributed by atoms with Crippen molar-refractivity contribution in [1.82, 2.24) is 15.0 Å². The first-order valence-electron chi connectivity index (χ1n) is 10.2. The second-order valence-electron chi connectivity index (χ2n) is 7.28. The summed E-state index contributed by atoms with van der Waals surface area (Å²) in [5.41, 5.74) is 4.09. The van der Waals surface area contributed by atoms with Crippen molar-refractivity contribution >= 4 is 54.0 Å². The van der Waals surface area contributed by atoms with Gasteiger partial charge in [-0.05, 0) is 38.1 Å². The number of benzene rings is 2. The van der Waals surface area contributed by atoms with E-state index in [-0.39, 0.29) is 43.3 Å². The number of hydrogen-bond donors (Lipinski definition) is 3. The van der Waals surface area contributed by atoms with Crippen LogP contribution in [0.2, 0.25) is 0 Å².